The molecule has 4 rings (SSSR count). The van der Waals surface area contributed by atoms with Gasteiger partial charge in [0.2, 0.25) is 0 Å². The van der Waals surface area contributed by atoms with Crippen LogP contribution in [-0.2, 0) is 16.6 Å². The van der Waals surface area contributed by atoms with Crippen molar-refractivity contribution >= 4 is 33.4 Å². The van der Waals surface area contributed by atoms with Gasteiger partial charge in [0, 0.05) is 23.8 Å². The first-order valence-electron chi connectivity index (χ1n) is 9.20. The van der Waals surface area contributed by atoms with Gasteiger partial charge in [-0.3, -0.25) is 9.89 Å². The van der Waals surface area contributed by atoms with Crippen LogP contribution in [0.25, 0.3) is 22.4 Å². The SMILES string of the molecule is Cc1nc(-c2cccc(CC=NC(=O)c3cccc(S(=O)(=O)F)c3)c2)nc2[nH]ncc12. The Balaban J connectivity index is 1.51. The average Bonchev–Trinajstić information content (AvgIpc) is 3.23. The zero-order chi connectivity index (χ0) is 22.0. The Morgan fingerprint density at radius 3 is 2.77 bits per heavy atom. The van der Waals surface area contributed by atoms with E-state index in [0.29, 0.717) is 17.9 Å². The van der Waals surface area contributed by atoms with Gasteiger partial charge in [0.05, 0.1) is 22.2 Å². The molecule has 0 aliphatic carbocycles. The van der Waals surface area contributed by atoms with Crippen molar-refractivity contribution < 1.29 is 17.1 Å². The fourth-order valence-corrected chi connectivity index (χ4v) is 3.54. The van der Waals surface area contributed by atoms with Crippen molar-refractivity contribution in [2.75, 3.05) is 0 Å². The summed E-state index contributed by atoms with van der Waals surface area (Å²) >= 11 is 0. The van der Waals surface area contributed by atoms with Crippen molar-refractivity contribution in [1.82, 2.24) is 20.2 Å². The molecule has 0 fully saturated rings. The minimum atomic E-state index is -4.89. The maximum atomic E-state index is 13.1. The number of aromatic nitrogens is 4. The predicted octanol–water partition coefficient (Wildman–Crippen LogP) is 3.44. The summed E-state index contributed by atoms with van der Waals surface area (Å²) < 4.78 is 35.1. The third-order valence-corrected chi connectivity index (χ3v) is 5.40. The topological polar surface area (TPSA) is 118 Å². The van der Waals surface area contributed by atoms with Crippen LogP contribution in [-0.4, -0.2) is 40.7 Å². The number of aliphatic imine (C=N–C) groups is 1. The third kappa shape index (κ3) is 4.53. The van der Waals surface area contributed by atoms with Gasteiger partial charge in [0.1, 0.15) is 0 Å². The van der Waals surface area contributed by atoms with Crippen LogP contribution in [0, 0.1) is 6.92 Å². The molecule has 0 unspecified atom stereocenters. The summed E-state index contributed by atoms with van der Waals surface area (Å²) in [6, 6.07) is 12.2. The molecule has 0 saturated carbocycles. The summed E-state index contributed by atoms with van der Waals surface area (Å²) in [7, 11) is -4.89. The highest BCUT2D eigenvalue weighted by Gasteiger charge is 2.14. The number of fused-ring (bicyclic) bond motifs is 1. The Morgan fingerprint density at radius 1 is 1.16 bits per heavy atom. The van der Waals surface area contributed by atoms with Gasteiger partial charge in [-0.1, -0.05) is 24.3 Å². The number of benzene rings is 2. The van der Waals surface area contributed by atoms with Crippen LogP contribution >= 0.6 is 0 Å². The Labute approximate surface area is 177 Å². The molecule has 4 aromatic rings. The van der Waals surface area contributed by atoms with Crippen LogP contribution in [0.1, 0.15) is 21.6 Å². The maximum absolute atomic E-state index is 13.1. The zero-order valence-corrected chi connectivity index (χ0v) is 17.1. The summed E-state index contributed by atoms with van der Waals surface area (Å²) in [5, 5.41) is 7.68. The van der Waals surface area contributed by atoms with Gasteiger partial charge in [-0.2, -0.15) is 13.5 Å². The number of H-pyrrole nitrogens is 1. The minimum absolute atomic E-state index is 0.0135. The lowest BCUT2D eigenvalue weighted by molar-refractivity contribution is 0.100. The summed E-state index contributed by atoms with van der Waals surface area (Å²) in [5.74, 6) is -0.112. The largest absolute Gasteiger partial charge is 0.332 e. The monoisotopic (exact) mass is 437 g/mol. The van der Waals surface area contributed by atoms with Crippen LogP contribution in [0.15, 0.2) is 64.6 Å². The Hall–Kier alpha value is -3.79. The molecular weight excluding hydrogens is 421 g/mol. The number of halogens is 1. The van der Waals surface area contributed by atoms with Crippen LogP contribution in [0.4, 0.5) is 3.89 Å². The molecule has 2 heterocycles. The highest BCUT2D eigenvalue weighted by Crippen LogP contribution is 2.21. The second-order valence-electron chi connectivity index (χ2n) is 6.75. The number of rotatable bonds is 5. The fraction of sp³-hybridized carbons (Fsp3) is 0.0952. The van der Waals surface area contributed by atoms with Crippen LogP contribution in [0.3, 0.4) is 0 Å². The van der Waals surface area contributed by atoms with Gasteiger partial charge in [0.25, 0.3) is 5.91 Å². The molecule has 0 aliphatic rings. The molecule has 1 N–H and O–H groups in total. The maximum Gasteiger partial charge on any atom is 0.332 e. The number of hydrogen-bond donors (Lipinski definition) is 1. The van der Waals surface area contributed by atoms with Gasteiger partial charge in [-0.05, 0) is 36.8 Å². The number of aryl methyl sites for hydroxylation is 1. The van der Waals surface area contributed by atoms with Gasteiger partial charge in [0.15, 0.2) is 11.5 Å². The summed E-state index contributed by atoms with van der Waals surface area (Å²) in [6.45, 7) is 1.88. The quantitative estimate of drug-likeness (QED) is 0.377. The third-order valence-electron chi connectivity index (χ3n) is 4.58. The van der Waals surface area contributed by atoms with E-state index in [1.54, 1.807) is 6.20 Å². The van der Waals surface area contributed by atoms with Crippen LogP contribution in [0.2, 0.25) is 0 Å². The highest BCUT2D eigenvalue weighted by molar-refractivity contribution is 7.86. The molecule has 8 nitrogen and oxygen atoms in total. The molecule has 0 atom stereocenters. The molecule has 0 bridgehead atoms. The van der Waals surface area contributed by atoms with E-state index in [4.69, 9.17) is 0 Å². The van der Waals surface area contributed by atoms with Crippen molar-refractivity contribution in [2.45, 2.75) is 18.2 Å². The summed E-state index contributed by atoms with van der Waals surface area (Å²) in [5.41, 5.74) is 3.12. The Bertz CT molecular complexity index is 1430. The van der Waals surface area contributed by atoms with E-state index < -0.39 is 21.0 Å². The number of nitrogens with one attached hydrogen (secondary N) is 1. The molecule has 0 radical (unpaired) electrons. The minimum Gasteiger partial charge on any atom is -0.267 e. The Kier molecular flexibility index (Phi) is 5.38. The molecule has 1 amide bonds. The van der Waals surface area contributed by atoms with E-state index in [1.807, 2.05) is 31.2 Å². The van der Waals surface area contributed by atoms with E-state index in [1.165, 1.54) is 18.3 Å². The Morgan fingerprint density at radius 2 is 1.97 bits per heavy atom. The lowest BCUT2D eigenvalue weighted by Gasteiger charge is -2.04. The second-order valence-corrected chi connectivity index (χ2v) is 8.10. The zero-order valence-electron chi connectivity index (χ0n) is 16.3. The smallest absolute Gasteiger partial charge is 0.267 e. The molecule has 0 spiro atoms. The average molecular weight is 437 g/mol. The number of amides is 1. The molecule has 0 saturated heterocycles. The van der Waals surface area contributed by atoms with Crippen LogP contribution < -0.4 is 0 Å². The van der Waals surface area contributed by atoms with E-state index in [-0.39, 0.29) is 5.56 Å². The van der Waals surface area contributed by atoms with Gasteiger partial charge < -0.3 is 0 Å². The molecular formula is C21H16FN5O3S. The number of hydrogen-bond acceptors (Lipinski definition) is 6. The van der Waals surface area contributed by atoms with Crippen molar-refractivity contribution in [1.29, 1.82) is 0 Å². The van der Waals surface area contributed by atoms with Crippen molar-refractivity contribution in [2.24, 2.45) is 4.99 Å². The first kappa shape index (κ1) is 20.5. The normalized spacial score (nSPS) is 11.9. The standard InChI is InChI=1S/C21H16FN5O3S/c1-13-18-12-24-27-20(18)26-19(25-13)15-5-2-4-14(10-15)8-9-23-21(28)16-6-3-7-17(11-16)31(22,29)30/h2-7,9-12H,8H2,1H3,(H,24,25,26,27). The molecule has 31 heavy (non-hydrogen) atoms. The fourth-order valence-electron chi connectivity index (χ4n) is 3.04. The number of aromatic amines is 1. The second kappa shape index (κ2) is 8.15. The van der Waals surface area contributed by atoms with Crippen molar-refractivity contribution in [3.05, 3.63) is 71.5 Å². The van der Waals surface area contributed by atoms with Crippen molar-refractivity contribution in [3.8, 4) is 11.4 Å². The molecule has 10 heteroatoms. The number of nitrogens with zero attached hydrogens (tertiary/aromatic N) is 4. The predicted molar refractivity (Wildman–Crippen MR) is 113 cm³/mol. The lowest BCUT2D eigenvalue weighted by Crippen LogP contribution is -2.00. The van der Waals surface area contributed by atoms with Crippen LogP contribution in [0.5, 0.6) is 0 Å². The van der Waals surface area contributed by atoms with E-state index in [2.05, 4.69) is 25.2 Å². The molecule has 156 valence electrons. The number of carbonyl (C=O) groups is 1. The van der Waals surface area contributed by atoms with Gasteiger partial charge >= 0.3 is 10.2 Å². The first-order valence-corrected chi connectivity index (χ1v) is 10.6. The first-order chi connectivity index (χ1) is 14.8. The van der Waals surface area contributed by atoms with Crippen molar-refractivity contribution in [3.63, 3.8) is 0 Å². The molecule has 0 aliphatic heterocycles. The highest BCUT2D eigenvalue weighted by atomic mass is 32.3. The van der Waals surface area contributed by atoms with Gasteiger partial charge in [-0.15, -0.1) is 3.89 Å². The van der Waals surface area contributed by atoms with E-state index in [9.17, 15) is 17.1 Å². The summed E-state index contributed by atoms with van der Waals surface area (Å²) in [4.78, 5) is 24.5. The van der Waals surface area contributed by atoms with E-state index in [0.717, 1.165) is 34.3 Å². The lowest BCUT2D eigenvalue weighted by atomic mass is 10.1. The van der Waals surface area contributed by atoms with Gasteiger partial charge in [-0.25, -0.2) is 15.0 Å². The van der Waals surface area contributed by atoms with E-state index >= 15 is 0 Å². The summed E-state index contributed by atoms with van der Waals surface area (Å²) in [6.07, 6.45) is 3.45. The number of carbonyl (C=O) groups excluding carboxylic acids is 1. The molecule has 2 aromatic heterocycles. The molecule has 2 aromatic carbocycles.